The van der Waals surface area contributed by atoms with Crippen molar-refractivity contribution in [1.29, 1.82) is 0 Å². The molecule has 0 spiro atoms. The number of carbonyl (C=O) groups is 1. The first kappa shape index (κ1) is 13.2. The molecule has 4 heteroatoms. The van der Waals surface area contributed by atoms with Crippen molar-refractivity contribution in [2.75, 3.05) is 5.73 Å². The predicted octanol–water partition coefficient (Wildman–Crippen LogP) is 3.38. The third kappa shape index (κ3) is 2.48. The van der Waals surface area contributed by atoms with Gasteiger partial charge in [0.15, 0.2) is 5.78 Å². The Balaban J connectivity index is 2.03. The number of hydrogen-bond donors (Lipinski definition) is 1. The molecule has 0 unspecified atom stereocenters. The van der Waals surface area contributed by atoms with Crippen molar-refractivity contribution in [3.8, 4) is 0 Å². The van der Waals surface area contributed by atoms with E-state index in [9.17, 15) is 9.18 Å². The number of carbonyl (C=O) groups excluding carboxylic acids is 1. The van der Waals surface area contributed by atoms with Gasteiger partial charge >= 0.3 is 0 Å². The molecule has 0 radical (unpaired) electrons. The molecule has 0 aliphatic rings. The zero-order valence-corrected chi connectivity index (χ0v) is 11.2. The van der Waals surface area contributed by atoms with Gasteiger partial charge in [0.1, 0.15) is 5.82 Å². The van der Waals surface area contributed by atoms with Crippen LogP contribution in [0, 0.1) is 5.82 Å². The van der Waals surface area contributed by atoms with E-state index < -0.39 is 0 Å². The fourth-order valence-corrected chi connectivity index (χ4v) is 2.36. The van der Waals surface area contributed by atoms with Gasteiger partial charge < -0.3 is 5.73 Å². The minimum absolute atomic E-state index is 0.106. The van der Waals surface area contributed by atoms with Crippen molar-refractivity contribution < 1.29 is 9.18 Å². The van der Waals surface area contributed by atoms with Crippen LogP contribution in [0.15, 0.2) is 54.9 Å². The first-order valence-electron chi connectivity index (χ1n) is 6.55. The van der Waals surface area contributed by atoms with Gasteiger partial charge in [0.2, 0.25) is 0 Å². The zero-order chi connectivity index (χ0) is 14.8. The third-order valence-electron chi connectivity index (χ3n) is 3.46. The molecule has 0 fully saturated rings. The second-order valence-electron chi connectivity index (χ2n) is 4.81. The minimum atomic E-state index is -0.331. The van der Waals surface area contributed by atoms with Gasteiger partial charge in [0, 0.05) is 41.0 Å². The van der Waals surface area contributed by atoms with Crippen LogP contribution >= 0.6 is 0 Å². The Kier molecular flexibility index (Phi) is 3.36. The monoisotopic (exact) mass is 280 g/mol. The van der Waals surface area contributed by atoms with Crippen LogP contribution in [-0.4, -0.2) is 10.8 Å². The summed E-state index contributed by atoms with van der Waals surface area (Å²) in [7, 11) is 0. The van der Waals surface area contributed by atoms with Crippen LogP contribution < -0.4 is 5.73 Å². The van der Waals surface area contributed by atoms with Crippen LogP contribution in [0.5, 0.6) is 0 Å². The Bertz CT molecular complexity index is 830. The number of pyridine rings is 1. The highest BCUT2D eigenvalue weighted by Gasteiger charge is 2.14. The number of nitrogen functional groups attached to an aromatic ring is 1. The summed E-state index contributed by atoms with van der Waals surface area (Å²) in [6, 6.07) is 11.5. The normalized spacial score (nSPS) is 10.7. The van der Waals surface area contributed by atoms with Crippen LogP contribution in [-0.2, 0) is 6.42 Å². The number of halogens is 1. The number of ketones is 1. The molecule has 0 aliphatic heterocycles. The van der Waals surface area contributed by atoms with E-state index in [1.807, 2.05) is 0 Å². The van der Waals surface area contributed by atoms with E-state index in [0.717, 1.165) is 0 Å². The highest BCUT2D eigenvalue weighted by Crippen LogP contribution is 2.23. The lowest BCUT2D eigenvalue weighted by Crippen LogP contribution is -2.07. The fraction of sp³-hybridized carbons (Fsp3) is 0.0588. The van der Waals surface area contributed by atoms with Crippen LogP contribution in [0.2, 0.25) is 0 Å². The standard InChI is InChI=1S/C17H13FN2O/c18-15-6-5-14(12-3-1-2-4-13(12)15)17(21)9-11-10-20-8-7-16(11)19/h1-8,10H,9H2,(H2,19,20). The molecule has 3 aromatic rings. The molecule has 0 atom stereocenters. The first-order valence-corrected chi connectivity index (χ1v) is 6.55. The largest absolute Gasteiger partial charge is 0.398 e. The fourth-order valence-electron chi connectivity index (χ4n) is 2.36. The van der Waals surface area contributed by atoms with E-state index in [4.69, 9.17) is 5.73 Å². The van der Waals surface area contributed by atoms with Crippen molar-refractivity contribution in [1.82, 2.24) is 4.98 Å². The highest BCUT2D eigenvalue weighted by atomic mass is 19.1. The van der Waals surface area contributed by atoms with Gasteiger partial charge in [-0.3, -0.25) is 9.78 Å². The maximum atomic E-state index is 13.8. The molecule has 2 aromatic carbocycles. The summed E-state index contributed by atoms with van der Waals surface area (Å²) < 4.78 is 13.8. The van der Waals surface area contributed by atoms with E-state index >= 15 is 0 Å². The Morgan fingerprint density at radius 3 is 2.62 bits per heavy atom. The summed E-state index contributed by atoms with van der Waals surface area (Å²) >= 11 is 0. The summed E-state index contributed by atoms with van der Waals surface area (Å²) in [4.78, 5) is 16.5. The number of fused-ring (bicyclic) bond motifs is 1. The second-order valence-corrected chi connectivity index (χ2v) is 4.81. The Labute approximate surface area is 121 Å². The Hall–Kier alpha value is -2.75. The number of rotatable bonds is 3. The maximum absolute atomic E-state index is 13.8. The molecule has 0 bridgehead atoms. The van der Waals surface area contributed by atoms with Crippen molar-refractivity contribution in [2.45, 2.75) is 6.42 Å². The molecule has 1 aromatic heterocycles. The van der Waals surface area contributed by atoms with Crippen LogP contribution in [0.4, 0.5) is 10.1 Å². The molecule has 21 heavy (non-hydrogen) atoms. The Morgan fingerprint density at radius 1 is 1.10 bits per heavy atom. The molecule has 3 rings (SSSR count). The average molecular weight is 280 g/mol. The summed E-state index contributed by atoms with van der Waals surface area (Å²) in [5.74, 6) is -0.436. The molecule has 0 amide bonds. The van der Waals surface area contributed by atoms with Crippen molar-refractivity contribution in [3.05, 3.63) is 71.8 Å². The summed E-state index contributed by atoms with van der Waals surface area (Å²) in [6.07, 6.45) is 3.31. The first-order chi connectivity index (χ1) is 10.2. The molecule has 104 valence electrons. The van der Waals surface area contributed by atoms with Gasteiger partial charge in [0.25, 0.3) is 0 Å². The third-order valence-corrected chi connectivity index (χ3v) is 3.46. The van der Waals surface area contributed by atoms with Gasteiger partial charge in [-0.25, -0.2) is 4.39 Å². The molecular weight excluding hydrogens is 267 g/mol. The van der Waals surface area contributed by atoms with Gasteiger partial charge in [-0.15, -0.1) is 0 Å². The zero-order valence-electron chi connectivity index (χ0n) is 11.2. The lowest BCUT2D eigenvalue weighted by molar-refractivity contribution is 0.0994. The Morgan fingerprint density at radius 2 is 1.86 bits per heavy atom. The second kappa shape index (κ2) is 5.32. The molecule has 1 heterocycles. The van der Waals surface area contributed by atoms with Gasteiger partial charge in [-0.05, 0) is 23.6 Å². The quantitative estimate of drug-likeness (QED) is 0.748. The number of nitrogens with zero attached hydrogens (tertiary/aromatic N) is 1. The van der Waals surface area contributed by atoms with Crippen LogP contribution in [0.1, 0.15) is 15.9 Å². The summed E-state index contributed by atoms with van der Waals surface area (Å²) in [5, 5.41) is 1.06. The lowest BCUT2D eigenvalue weighted by atomic mass is 9.97. The van der Waals surface area contributed by atoms with Crippen LogP contribution in [0.25, 0.3) is 10.8 Å². The minimum Gasteiger partial charge on any atom is -0.398 e. The number of anilines is 1. The van der Waals surface area contributed by atoms with E-state index in [2.05, 4.69) is 4.98 Å². The van der Waals surface area contributed by atoms with E-state index in [1.165, 1.54) is 12.1 Å². The van der Waals surface area contributed by atoms with Gasteiger partial charge in [-0.1, -0.05) is 24.3 Å². The van der Waals surface area contributed by atoms with Gasteiger partial charge in [-0.2, -0.15) is 0 Å². The van der Waals surface area contributed by atoms with E-state index in [1.54, 1.807) is 42.7 Å². The molecule has 0 saturated carbocycles. The molecule has 2 N–H and O–H groups in total. The molecule has 0 aliphatic carbocycles. The predicted molar refractivity (Wildman–Crippen MR) is 80.6 cm³/mol. The topological polar surface area (TPSA) is 56.0 Å². The number of nitrogens with two attached hydrogens (primary N) is 1. The number of Topliss-reactive ketones (excluding diaryl/α,β-unsaturated/α-hetero) is 1. The number of hydrogen-bond acceptors (Lipinski definition) is 3. The van der Waals surface area contributed by atoms with Crippen molar-refractivity contribution in [3.63, 3.8) is 0 Å². The number of aromatic nitrogens is 1. The van der Waals surface area contributed by atoms with Crippen molar-refractivity contribution >= 4 is 22.2 Å². The average Bonchev–Trinajstić information content (AvgIpc) is 2.50. The smallest absolute Gasteiger partial charge is 0.167 e. The molecular formula is C17H13FN2O. The molecule has 3 nitrogen and oxygen atoms in total. The summed E-state index contributed by atoms with van der Waals surface area (Å²) in [6.45, 7) is 0. The van der Waals surface area contributed by atoms with Crippen molar-refractivity contribution in [2.24, 2.45) is 0 Å². The molecule has 0 saturated heterocycles. The van der Waals surface area contributed by atoms with Crippen LogP contribution in [0.3, 0.4) is 0 Å². The van der Waals surface area contributed by atoms with E-state index in [-0.39, 0.29) is 18.0 Å². The summed E-state index contributed by atoms with van der Waals surface area (Å²) in [5.41, 5.74) is 7.54. The van der Waals surface area contributed by atoms with E-state index in [0.29, 0.717) is 27.6 Å². The lowest BCUT2D eigenvalue weighted by Gasteiger charge is -2.08. The SMILES string of the molecule is Nc1ccncc1CC(=O)c1ccc(F)c2ccccc12. The number of benzene rings is 2. The highest BCUT2D eigenvalue weighted by molar-refractivity contribution is 6.09. The van der Waals surface area contributed by atoms with Gasteiger partial charge in [0.05, 0.1) is 0 Å². The maximum Gasteiger partial charge on any atom is 0.167 e.